The normalized spacial score (nSPS) is 13.0. The van der Waals surface area contributed by atoms with Crippen LogP contribution in [0.15, 0.2) is 41.4 Å². The number of nitrogens with zero attached hydrogens (tertiary/aromatic N) is 2. The fraction of sp³-hybridized carbons (Fsp3) is 0.350. The van der Waals surface area contributed by atoms with E-state index in [9.17, 15) is 13.2 Å². The van der Waals surface area contributed by atoms with Crippen molar-refractivity contribution in [3.8, 4) is 0 Å². The van der Waals surface area contributed by atoms with E-state index in [2.05, 4.69) is 15.6 Å². The molecule has 0 aromatic heterocycles. The number of nitrogens with one attached hydrogen (secondary N) is 2. The van der Waals surface area contributed by atoms with Gasteiger partial charge in [0, 0.05) is 25.7 Å². The molecule has 1 atom stereocenters. The number of benzene rings is 2. The Kier molecular flexibility index (Phi) is 7.24. The molecule has 0 amide bonds. The molecule has 0 heterocycles. The van der Waals surface area contributed by atoms with Gasteiger partial charge in [0.1, 0.15) is 5.82 Å². The van der Waals surface area contributed by atoms with Gasteiger partial charge in [-0.1, -0.05) is 12.1 Å². The highest BCUT2D eigenvalue weighted by Crippen LogP contribution is 2.16. The van der Waals surface area contributed by atoms with Gasteiger partial charge in [-0.3, -0.25) is 4.99 Å². The molecule has 0 saturated carbocycles. The maximum absolute atomic E-state index is 13.9. The van der Waals surface area contributed by atoms with Crippen LogP contribution in [0.1, 0.15) is 29.7 Å². The van der Waals surface area contributed by atoms with Gasteiger partial charge in [0.2, 0.25) is 0 Å². The van der Waals surface area contributed by atoms with Gasteiger partial charge in [-0.2, -0.15) is 0 Å². The number of aliphatic imine (C=N–C) groups is 1. The third-order valence-electron chi connectivity index (χ3n) is 4.08. The van der Waals surface area contributed by atoms with Crippen molar-refractivity contribution < 1.29 is 13.2 Å². The summed E-state index contributed by atoms with van der Waals surface area (Å²) < 4.78 is 40.4. The van der Waals surface area contributed by atoms with E-state index in [1.165, 1.54) is 12.1 Å². The lowest BCUT2D eigenvalue weighted by Gasteiger charge is -2.19. The highest BCUT2D eigenvalue weighted by atomic mass is 19.2. The van der Waals surface area contributed by atoms with Crippen molar-refractivity contribution in [2.45, 2.75) is 26.1 Å². The van der Waals surface area contributed by atoms with Crippen molar-refractivity contribution in [1.29, 1.82) is 0 Å². The fourth-order valence-corrected chi connectivity index (χ4v) is 2.65. The van der Waals surface area contributed by atoms with Crippen molar-refractivity contribution >= 4 is 5.96 Å². The van der Waals surface area contributed by atoms with Crippen LogP contribution in [-0.4, -0.2) is 32.0 Å². The first-order valence-electron chi connectivity index (χ1n) is 8.64. The molecule has 0 fully saturated rings. The lowest BCUT2D eigenvalue weighted by molar-refractivity contribution is 0.392. The minimum Gasteiger partial charge on any atom is -0.352 e. The summed E-state index contributed by atoms with van der Waals surface area (Å²) in [4.78, 5) is 6.04. The molecule has 0 radical (unpaired) electrons. The number of halogens is 3. The maximum atomic E-state index is 13.9. The third-order valence-corrected chi connectivity index (χ3v) is 4.08. The van der Waals surface area contributed by atoms with Crippen molar-refractivity contribution in [2.24, 2.45) is 4.99 Å². The number of rotatable bonds is 6. The number of guanidine groups is 1. The molecule has 7 heteroatoms. The van der Waals surface area contributed by atoms with Gasteiger partial charge in [0.05, 0.1) is 6.04 Å². The first-order valence-corrected chi connectivity index (χ1v) is 8.64. The average Bonchev–Trinajstić information content (AvgIpc) is 2.62. The molecule has 27 heavy (non-hydrogen) atoms. The van der Waals surface area contributed by atoms with Crippen LogP contribution < -0.4 is 10.6 Å². The molecule has 2 rings (SSSR count). The molecule has 0 bridgehead atoms. The molecular formula is C20H25F3N4. The molecule has 0 spiro atoms. The topological polar surface area (TPSA) is 39.7 Å². The van der Waals surface area contributed by atoms with Crippen LogP contribution in [0.2, 0.25) is 0 Å². The summed E-state index contributed by atoms with van der Waals surface area (Å²) in [6, 6.07) is 8.50. The van der Waals surface area contributed by atoms with E-state index < -0.39 is 11.6 Å². The number of hydrogen-bond donors (Lipinski definition) is 2. The van der Waals surface area contributed by atoms with Gasteiger partial charge in [0.15, 0.2) is 17.6 Å². The van der Waals surface area contributed by atoms with E-state index in [1.54, 1.807) is 13.1 Å². The fourth-order valence-electron chi connectivity index (χ4n) is 2.65. The summed E-state index contributed by atoms with van der Waals surface area (Å²) >= 11 is 0. The summed E-state index contributed by atoms with van der Waals surface area (Å²) in [7, 11) is 5.39. The predicted molar refractivity (Wildman–Crippen MR) is 102 cm³/mol. The second kappa shape index (κ2) is 9.41. The first kappa shape index (κ1) is 20.8. The van der Waals surface area contributed by atoms with Gasteiger partial charge >= 0.3 is 0 Å². The molecular weight excluding hydrogens is 353 g/mol. The van der Waals surface area contributed by atoms with Crippen LogP contribution in [0.5, 0.6) is 0 Å². The molecule has 2 aromatic carbocycles. The second-order valence-corrected chi connectivity index (χ2v) is 6.63. The standard InChI is InChI=1S/C20H25F3N4/c1-13(15-6-8-18(22)19(23)10-15)26-20(24-2)25-11-14-5-7-17(21)16(9-14)12-27(3)4/h5-10,13H,11-12H2,1-4H3,(H2,24,25,26). The summed E-state index contributed by atoms with van der Waals surface area (Å²) in [6.45, 7) is 2.79. The van der Waals surface area contributed by atoms with Crippen molar-refractivity contribution in [2.75, 3.05) is 21.1 Å². The summed E-state index contributed by atoms with van der Waals surface area (Å²) in [5.74, 6) is -1.49. The SMILES string of the molecule is CN=C(NCc1ccc(F)c(CN(C)C)c1)NC(C)c1ccc(F)c(F)c1. The van der Waals surface area contributed by atoms with Crippen molar-refractivity contribution in [3.63, 3.8) is 0 Å². The van der Waals surface area contributed by atoms with Crippen molar-refractivity contribution in [1.82, 2.24) is 15.5 Å². The molecule has 146 valence electrons. The Morgan fingerprint density at radius 2 is 1.74 bits per heavy atom. The Hall–Kier alpha value is -2.54. The molecule has 0 aliphatic heterocycles. The van der Waals surface area contributed by atoms with E-state index in [0.29, 0.717) is 30.2 Å². The first-order chi connectivity index (χ1) is 12.8. The van der Waals surface area contributed by atoms with Crippen LogP contribution in [0, 0.1) is 17.5 Å². The summed E-state index contributed by atoms with van der Waals surface area (Å²) in [6.07, 6.45) is 0. The third kappa shape index (κ3) is 5.99. The van der Waals surface area contributed by atoms with E-state index in [-0.39, 0.29) is 11.9 Å². The Morgan fingerprint density at radius 1 is 1.04 bits per heavy atom. The molecule has 1 unspecified atom stereocenters. The Bertz CT molecular complexity index is 806. The van der Waals surface area contributed by atoms with E-state index in [0.717, 1.165) is 17.7 Å². The number of hydrogen-bond acceptors (Lipinski definition) is 2. The van der Waals surface area contributed by atoms with Crippen LogP contribution in [-0.2, 0) is 13.1 Å². The van der Waals surface area contributed by atoms with E-state index in [1.807, 2.05) is 32.0 Å². The molecule has 4 nitrogen and oxygen atoms in total. The zero-order valence-electron chi connectivity index (χ0n) is 16.0. The maximum Gasteiger partial charge on any atom is 0.191 e. The smallest absolute Gasteiger partial charge is 0.191 e. The lowest BCUT2D eigenvalue weighted by atomic mass is 10.1. The quantitative estimate of drug-likeness (QED) is 0.596. The molecule has 2 aromatic rings. The molecule has 0 saturated heterocycles. The highest BCUT2D eigenvalue weighted by Gasteiger charge is 2.11. The summed E-state index contributed by atoms with van der Waals surface area (Å²) in [5.41, 5.74) is 2.14. The predicted octanol–water partition coefficient (Wildman–Crippen LogP) is 3.59. The van der Waals surface area contributed by atoms with Gasteiger partial charge in [-0.15, -0.1) is 0 Å². The van der Waals surface area contributed by atoms with Gasteiger partial charge in [-0.05, 0) is 56.4 Å². The molecule has 0 aliphatic carbocycles. The Labute approximate surface area is 158 Å². The minimum atomic E-state index is -0.885. The van der Waals surface area contributed by atoms with Crippen LogP contribution in [0.25, 0.3) is 0 Å². The van der Waals surface area contributed by atoms with Crippen molar-refractivity contribution in [3.05, 3.63) is 70.5 Å². The Morgan fingerprint density at radius 3 is 2.37 bits per heavy atom. The molecule has 2 N–H and O–H groups in total. The largest absolute Gasteiger partial charge is 0.352 e. The van der Waals surface area contributed by atoms with Crippen LogP contribution >= 0.6 is 0 Å². The summed E-state index contributed by atoms with van der Waals surface area (Å²) in [5, 5.41) is 6.27. The average molecular weight is 378 g/mol. The van der Waals surface area contributed by atoms with Gasteiger partial charge in [-0.25, -0.2) is 13.2 Å². The molecule has 0 aliphatic rings. The highest BCUT2D eigenvalue weighted by molar-refractivity contribution is 5.80. The monoisotopic (exact) mass is 378 g/mol. The van der Waals surface area contributed by atoms with Gasteiger partial charge < -0.3 is 15.5 Å². The van der Waals surface area contributed by atoms with E-state index >= 15 is 0 Å². The van der Waals surface area contributed by atoms with Gasteiger partial charge in [0.25, 0.3) is 0 Å². The van der Waals surface area contributed by atoms with Crippen LogP contribution in [0.3, 0.4) is 0 Å². The second-order valence-electron chi connectivity index (χ2n) is 6.63. The zero-order chi connectivity index (χ0) is 20.0. The van der Waals surface area contributed by atoms with Crippen LogP contribution in [0.4, 0.5) is 13.2 Å². The van der Waals surface area contributed by atoms with E-state index in [4.69, 9.17) is 0 Å². The lowest BCUT2D eigenvalue weighted by Crippen LogP contribution is -2.38. The Balaban J connectivity index is 2.00. The zero-order valence-corrected chi connectivity index (χ0v) is 16.0. The minimum absolute atomic E-state index is 0.234.